The van der Waals surface area contributed by atoms with Crippen LogP contribution in [-0.4, -0.2) is 11.8 Å². The highest BCUT2D eigenvalue weighted by Gasteiger charge is 2.24. The fourth-order valence-electron chi connectivity index (χ4n) is 1.89. The number of halogens is 1. The monoisotopic (exact) mass is 243 g/mol. The van der Waals surface area contributed by atoms with Gasteiger partial charge in [0.25, 0.3) is 0 Å². The second-order valence-electron chi connectivity index (χ2n) is 4.01. The molecule has 1 aliphatic rings. The number of ketones is 1. The second kappa shape index (κ2) is 4.24. The summed E-state index contributed by atoms with van der Waals surface area (Å²) < 4.78 is 0. The molecule has 0 bridgehead atoms. The first-order chi connectivity index (χ1) is 7.11. The summed E-state index contributed by atoms with van der Waals surface area (Å²) in [5.41, 5.74) is 6.78. The summed E-state index contributed by atoms with van der Waals surface area (Å²) in [5.74, 6) is -0.0283. The van der Waals surface area contributed by atoms with E-state index in [0.29, 0.717) is 9.90 Å². The molecule has 0 spiro atoms. The second-order valence-corrected chi connectivity index (χ2v) is 5.49. The number of nitrogens with two attached hydrogens (primary N) is 1. The molecule has 82 valence electrons. The number of Topliss-reactive ketones (excluding diaryl/α,β-unsaturated/α-hetero) is 1. The first kappa shape index (κ1) is 11.1. The lowest BCUT2D eigenvalue weighted by Crippen LogP contribution is -2.26. The third kappa shape index (κ3) is 1.96. The molecule has 2 nitrogen and oxygen atoms in total. The van der Waals surface area contributed by atoms with E-state index in [1.54, 1.807) is 6.92 Å². The van der Waals surface area contributed by atoms with Gasteiger partial charge >= 0.3 is 0 Å². The summed E-state index contributed by atoms with van der Waals surface area (Å²) in [7, 11) is 0. The van der Waals surface area contributed by atoms with Crippen LogP contribution in [0.1, 0.15) is 39.9 Å². The van der Waals surface area contributed by atoms with E-state index in [4.69, 9.17) is 17.3 Å². The van der Waals surface area contributed by atoms with Gasteiger partial charge in [0.15, 0.2) is 5.78 Å². The van der Waals surface area contributed by atoms with Gasteiger partial charge in [-0.15, -0.1) is 11.3 Å². The molecular weight excluding hydrogens is 230 g/mol. The van der Waals surface area contributed by atoms with Crippen LogP contribution in [0.3, 0.4) is 0 Å². The minimum atomic E-state index is -0.456. The Morgan fingerprint density at radius 1 is 1.47 bits per heavy atom. The van der Waals surface area contributed by atoms with Gasteiger partial charge in [-0.05, 0) is 38.2 Å². The van der Waals surface area contributed by atoms with Crippen LogP contribution in [0.4, 0.5) is 0 Å². The number of thiophene rings is 1. The van der Waals surface area contributed by atoms with Crippen molar-refractivity contribution in [3.63, 3.8) is 0 Å². The Hall–Kier alpha value is -0.380. The Bertz CT molecular complexity index is 398. The zero-order chi connectivity index (χ0) is 11.0. The Labute approximate surface area is 98.4 Å². The lowest BCUT2D eigenvalue weighted by Gasteiger charge is -2.09. The van der Waals surface area contributed by atoms with Crippen molar-refractivity contribution in [1.82, 2.24) is 0 Å². The summed E-state index contributed by atoms with van der Waals surface area (Å²) in [4.78, 5) is 13.7. The van der Waals surface area contributed by atoms with Crippen LogP contribution < -0.4 is 5.73 Å². The lowest BCUT2D eigenvalue weighted by atomic mass is 9.98. The highest BCUT2D eigenvalue weighted by Crippen LogP contribution is 2.38. The van der Waals surface area contributed by atoms with Crippen LogP contribution in [0.25, 0.3) is 0 Å². The Balaban J connectivity index is 2.41. The summed E-state index contributed by atoms with van der Waals surface area (Å²) in [6.45, 7) is 1.71. The van der Waals surface area contributed by atoms with Crippen molar-refractivity contribution in [2.24, 2.45) is 5.73 Å². The van der Waals surface area contributed by atoms with Gasteiger partial charge in [-0.25, -0.2) is 0 Å². The van der Waals surface area contributed by atoms with Gasteiger partial charge in [0, 0.05) is 4.88 Å². The number of carbonyl (C=O) groups is 1. The van der Waals surface area contributed by atoms with E-state index < -0.39 is 6.04 Å². The van der Waals surface area contributed by atoms with Crippen molar-refractivity contribution in [2.75, 3.05) is 0 Å². The van der Waals surface area contributed by atoms with E-state index in [0.717, 1.165) is 12.8 Å². The first-order valence-electron chi connectivity index (χ1n) is 5.21. The lowest BCUT2D eigenvalue weighted by molar-refractivity contribution is 0.0972. The van der Waals surface area contributed by atoms with Crippen LogP contribution in [0.15, 0.2) is 0 Å². The van der Waals surface area contributed by atoms with Crippen molar-refractivity contribution in [1.29, 1.82) is 0 Å². The number of aryl methyl sites for hydroxylation is 1. The SMILES string of the molecule is CC(N)C(=O)c1sc2c(c1Cl)CCCC2. The minimum Gasteiger partial charge on any atom is -0.321 e. The molecule has 0 radical (unpaired) electrons. The van der Waals surface area contributed by atoms with Gasteiger partial charge in [-0.3, -0.25) is 4.79 Å². The predicted molar refractivity (Wildman–Crippen MR) is 64.0 cm³/mol. The van der Waals surface area contributed by atoms with Crippen molar-refractivity contribution in [2.45, 2.75) is 38.6 Å². The molecule has 0 amide bonds. The number of fused-ring (bicyclic) bond motifs is 1. The highest BCUT2D eigenvalue weighted by molar-refractivity contribution is 7.15. The fourth-order valence-corrected chi connectivity index (χ4v) is 3.69. The molecule has 1 unspecified atom stereocenters. The molecule has 1 aromatic rings. The Kier molecular flexibility index (Phi) is 3.14. The van der Waals surface area contributed by atoms with E-state index >= 15 is 0 Å². The minimum absolute atomic E-state index is 0.0283. The number of hydrogen-bond acceptors (Lipinski definition) is 3. The van der Waals surface area contributed by atoms with E-state index in [1.807, 2.05) is 0 Å². The Morgan fingerprint density at radius 2 is 2.13 bits per heavy atom. The van der Waals surface area contributed by atoms with Crippen molar-refractivity contribution >= 4 is 28.7 Å². The molecule has 4 heteroatoms. The summed E-state index contributed by atoms with van der Waals surface area (Å²) >= 11 is 7.75. The van der Waals surface area contributed by atoms with Crippen molar-refractivity contribution < 1.29 is 4.79 Å². The molecule has 1 aliphatic carbocycles. The molecule has 1 aromatic heterocycles. The van der Waals surface area contributed by atoms with E-state index in [-0.39, 0.29) is 5.78 Å². The summed E-state index contributed by atoms with van der Waals surface area (Å²) in [5, 5.41) is 0.664. The highest BCUT2D eigenvalue weighted by atomic mass is 35.5. The molecule has 0 saturated carbocycles. The maximum atomic E-state index is 11.8. The van der Waals surface area contributed by atoms with E-state index in [2.05, 4.69) is 0 Å². The third-order valence-corrected chi connectivity index (χ3v) is 4.58. The molecule has 15 heavy (non-hydrogen) atoms. The van der Waals surface area contributed by atoms with Crippen LogP contribution in [0, 0.1) is 0 Å². The van der Waals surface area contributed by atoms with Gasteiger partial charge in [0.05, 0.1) is 15.9 Å². The molecule has 0 saturated heterocycles. The fraction of sp³-hybridized carbons (Fsp3) is 0.545. The molecule has 2 rings (SSSR count). The van der Waals surface area contributed by atoms with E-state index in [1.165, 1.54) is 34.6 Å². The van der Waals surface area contributed by atoms with Crippen molar-refractivity contribution in [3.05, 3.63) is 20.3 Å². The average molecular weight is 244 g/mol. The van der Waals surface area contributed by atoms with Gasteiger partial charge < -0.3 is 5.73 Å². The molecular formula is C11H14ClNOS. The normalized spacial score (nSPS) is 17.3. The van der Waals surface area contributed by atoms with Gasteiger partial charge in [-0.2, -0.15) is 0 Å². The average Bonchev–Trinajstić information content (AvgIpc) is 2.56. The summed E-state index contributed by atoms with van der Waals surface area (Å²) in [6, 6.07) is -0.456. The molecule has 1 atom stereocenters. The zero-order valence-electron chi connectivity index (χ0n) is 8.68. The molecule has 1 heterocycles. The molecule has 0 fully saturated rings. The number of rotatable bonds is 2. The van der Waals surface area contributed by atoms with Crippen LogP contribution >= 0.6 is 22.9 Å². The topological polar surface area (TPSA) is 43.1 Å². The Morgan fingerprint density at radius 3 is 2.73 bits per heavy atom. The third-order valence-electron chi connectivity index (χ3n) is 2.74. The predicted octanol–water partition coefficient (Wildman–Crippen LogP) is 2.81. The van der Waals surface area contributed by atoms with Gasteiger partial charge in [0.2, 0.25) is 0 Å². The number of hydrogen-bond donors (Lipinski definition) is 1. The summed E-state index contributed by atoms with van der Waals surface area (Å²) in [6.07, 6.45) is 4.45. The first-order valence-corrected chi connectivity index (χ1v) is 6.40. The van der Waals surface area contributed by atoms with E-state index in [9.17, 15) is 4.79 Å². The van der Waals surface area contributed by atoms with Gasteiger partial charge in [0.1, 0.15) is 0 Å². The molecule has 0 aromatic carbocycles. The molecule has 0 aliphatic heterocycles. The van der Waals surface area contributed by atoms with Crippen LogP contribution in [-0.2, 0) is 12.8 Å². The maximum absolute atomic E-state index is 11.8. The molecule has 2 N–H and O–H groups in total. The zero-order valence-corrected chi connectivity index (χ0v) is 10.3. The quantitative estimate of drug-likeness (QED) is 0.812. The van der Waals surface area contributed by atoms with Gasteiger partial charge in [-0.1, -0.05) is 11.6 Å². The number of carbonyl (C=O) groups excluding carboxylic acids is 1. The standard InChI is InChI=1S/C11H14ClNOS/c1-6(13)10(14)11-9(12)7-4-2-3-5-8(7)15-11/h6H,2-5,13H2,1H3. The van der Waals surface area contributed by atoms with Crippen LogP contribution in [0.5, 0.6) is 0 Å². The maximum Gasteiger partial charge on any atom is 0.190 e. The smallest absolute Gasteiger partial charge is 0.190 e. The largest absolute Gasteiger partial charge is 0.321 e. The van der Waals surface area contributed by atoms with Crippen molar-refractivity contribution in [3.8, 4) is 0 Å². The van der Waals surface area contributed by atoms with Crippen LogP contribution in [0.2, 0.25) is 5.02 Å².